The molecule has 6 heteroatoms. The lowest BCUT2D eigenvalue weighted by atomic mass is 9.78. The minimum atomic E-state index is -0.212. The van der Waals surface area contributed by atoms with Crippen molar-refractivity contribution in [1.29, 1.82) is 0 Å². The Labute approximate surface area is 160 Å². The maximum absolute atomic E-state index is 12.5. The quantitative estimate of drug-likeness (QED) is 0.725. The molecule has 5 nitrogen and oxygen atoms in total. The molecule has 2 aliphatic rings. The number of carbonyl (C=O) groups is 2. The molecule has 1 aromatic rings. The van der Waals surface area contributed by atoms with Crippen molar-refractivity contribution in [1.82, 2.24) is 9.80 Å². The summed E-state index contributed by atoms with van der Waals surface area (Å²) in [6.07, 6.45) is 4.01. The third-order valence-corrected chi connectivity index (χ3v) is 5.75. The van der Waals surface area contributed by atoms with E-state index in [1.165, 1.54) is 0 Å². The normalized spacial score (nSPS) is 19.2. The average molecular weight is 379 g/mol. The minimum absolute atomic E-state index is 0.00368. The van der Waals surface area contributed by atoms with Gasteiger partial charge in [-0.3, -0.25) is 4.79 Å². The van der Waals surface area contributed by atoms with Crippen LogP contribution in [0.25, 0.3) is 0 Å². The van der Waals surface area contributed by atoms with Crippen LogP contribution in [0.3, 0.4) is 0 Å². The first-order valence-electron chi connectivity index (χ1n) is 9.45. The highest BCUT2D eigenvalue weighted by atomic mass is 35.5. The van der Waals surface area contributed by atoms with Gasteiger partial charge in [0.2, 0.25) is 5.91 Å². The summed E-state index contributed by atoms with van der Waals surface area (Å²) in [5, 5.41) is 0.705. The Bertz CT molecular complexity index is 639. The zero-order chi connectivity index (χ0) is 18.6. The highest BCUT2D eigenvalue weighted by Gasteiger charge is 2.45. The SMILES string of the molecule is CCCCOC(=O)N1CCC2(CC1)CC(=O)N(Cc1ccc(Cl)cc1)C2. The van der Waals surface area contributed by atoms with Crippen LogP contribution in [0.2, 0.25) is 5.02 Å². The zero-order valence-corrected chi connectivity index (χ0v) is 16.1. The smallest absolute Gasteiger partial charge is 0.409 e. The zero-order valence-electron chi connectivity index (χ0n) is 15.4. The first kappa shape index (κ1) is 19.0. The molecule has 3 rings (SSSR count). The van der Waals surface area contributed by atoms with Crippen LogP contribution in [-0.4, -0.2) is 48.0 Å². The summed E-state index contributed by atoms with van der Waals surface area (Å²) < 4.78 is 5.30. The van der Waals surface area contributed by atoms with Gasteiger partial charge in [0.1, 0.15) is 0 Å². The van der Waals surface area contributed by atoms with Crippen LogP contribution in [0, 0.1) is 5.41 Å². The molecule has 2 amide bonds. The monoisotopic (exact) mass is 378 g/mol. The predicted octanol–water partition coefficient (Wildman–Crippen LogP) is 4.09. The van der Waals surface area contributed by atoms with E-state index in [1.807, 2.05) is 29.2 Å². The van der Waals surface area contributed by atoms with E-state index < -0.39 is 0 Å². The van der Waals surface area contributed by atoms with Gasteiger partial charge in [0.25, 0.3) is 0 Å². The molecule has 0 bridgehead atoms. The Morgan fingerprint density at radius 1 is 1.23 bits per heavy atom. The van der Waals surface area contributed by atoms with Gasteiger partial charge >= 0.3 is 6.09 Å². The Morgan fingerprint density at radius 2 is 1.92 bits per heavy atom. The highest BCUT2D eigenvalue weighted by Crippen LogP contribution is 2.41. The highest BCUT2D eigenvalue weighted by molar-refractivity contribution is 6.30. The van der Waals surface area contributed by atoms with Gasteiger partial charge in [0, 0.05) is 43.0 Å². The van der Waals surface area contributed by atoms with Crippen LogP contribution in [0.5, 0.6) is 0 Å². The van der Waals surface area contributed by atoms with E-state index in [0.717, 1.165) is 37.8 Å². The number of benzene rings is 1. The maximum atomic E-state index is 12.5. The van der Waals surface area contributed by atoms with E-state index in [2.05, 4.69) is 6.92 Å². The van der Waals surface area contributed by atoms with Gasteiger partial charge < -0.3 is 14.5 Å². The molecule has 0 aliphatic carbocycles. The van der Waals surface area contributed by atoms with Gasteiger partial charge in [-0.15, -0.1) is 0 Å². The summed E-state index contributed by atoms with van der Waals surface area (Å²) in [6, 6.07) is 7.65. The summed E-state index contributed by atoms with van der Waals surface area (Å²) in [6.45, 7) is 5.31. The largest absolute Gasteiger partial charge is 0.449 e. The Morgan fingerprint density at radius 3 is 2.58 bits per heavy atom. The molecule has 2 aliphatic heterocycles. The molecule has 0 unspecified atom stereocenters. The molecular weight excluding hydrogens is 352 g/mol. The number of likely N-dealkylation sites (tertiary alicyclic amines) is 2. The number of amides is 2. The lowest BCUT2D eigenvalue weighted by Gasteiger charge is -2.38. The van der Waals surface area contributed by atoms with Crippen molar-refractivity contribution in [3.8, 4) is 0 Å². The first-order chi connectivity index (χ1) is 12.5. The van der Waals surface area contributed by atoms with Crippen molar-refractivity contribution in [2.45, 2.75) is 45.6 Å². The van der Waals surface area contributed by atoms with E-state index in [1.54, 1.807) is 4.90 Å². The van der Waals surface area contributed by atoms with Gasteiger partial charge in [-0.1, -0.05) is 37.1 Å². The van der Waals surface area contributed by atoms with Gasteiger partial charge in [0.15, 0.2) is 0 Å². The van der Waals surface area contributed by atoms with Crippen molar-refractivity contribution in [3.63, 3.8) is 0 Å². The average Bonchev–Trinajstić information content (AvgIpc) is 2.92. The number of hydrogen-bond donors (Lipinski definition) is 0. The molecule has 2 fully saturated rings. The second-order valence-corrected chi connectivity index (χ2v) is 7.94. The van der Waals surface area contributed by atoms with E-state index in [0.29, 0.717) is 37.7 Å². The molecule has 26 heavy (non-hydrogen) atoms. The molecule has 1 spiro atoms. The van der Waals surface area contributed by atoms with Crippen molar-refractivity contribution < 1.29 is 14.3 Å². The van der Waals surface area contributed by atoms with Crippen molar-refractivity contribution in [2.24, 2.45) is 5.41 Å². The number of halogens is 1. The molecule has 2 saturated heterocycles. The Hall–Kier alpha value is -1.75. The van der Waals surface area contributed by atoms with Crippen molar-refractivity contribution in [3.05, 3.63) is 34.9 Å². The van der Waals surface area contributed by atoms with Crippen LogP contribution in [0.4, 0.5) is 4.79 Å². The first-order valence-corrected chi connectivity index (χ1v) is 9.83. The van der Waals surface area contributed by atoms with Crippen LogP contribution < -0.4 is 0 Å². The molecule has 0 aromatic heterocycles. The number of piperidine rings is 1. The lowest BCUT2D eigenvalue weighted by molar-refractivity contribution is -0.128. The molecule has 0 N–H and O–H groups in total. The number of nitrogens with zero attached hydrogens (tertiary/aromatic N) is 2. The van der Waals surface area contributed by atoms with Crippen LogP contribution in [0.1, 0.15) is 44.6 Å². The summed E-state index contributed by atoms with van der Waals surface area (Å²) in [5.41, 5.74) is 1.10. The standard InChI is InChI=1S/C20H27ClN2O3/c1-2-3-12-26-19(25)22-10-8-20(9-11-22)13-18(24)23(15-20)14-16-4-6-17(21)7-5-16/h4-7H,2-3,8-15H2,1H3. The lowest BCUT2D eigenvalue weighted by Crippen LogP contribution is -2.44. The fraction of sp³-hybridized carbons (Fsp3) is 0.600. The third-order valence-electron chi connectivity index (χ3n) is 5.50. The fourth-order valence-corrected chi connectivity index (χ4v) is 3.96. The van der Waals surface area contributed by atoms with E-state index in [-0.39, 0.29) is 17.4 Å². The topological polar surface area (TPSA) is 49.9 Å². The molecule has 1 aromatic carbocycles. The van der Waals surface area contributed by atoms with Gasteiger partial charge in [-0.2, -0.15) is 0 Å². The number of ether oxygens (including phenoxy) is 1. The number of unbranched alkanes of at least 4 members (excludes halogenated alkanes) is 1. The predicted molar refractivity (Wildman–Crippen MR) is 101 cm³/mol. The van der Waals surface area contributed by atoms with E-state index in [4.69, 9.17) is 16.3 Å². The molecule has 0 radical (unpaired) electrons. The molecule has 0 atom stereocenters. The van der Waals surface area contributed by atoms with E-state index in [9.17, 15) is 9.59 Å². The summed E-state index contributed by atoms with van der Waals surface area (Å²) in [5.74, 6) is 0.207. The maximum Gasteiger partial charge on any atom is 0.409 e. The fourth-order valence-electron chi connectivity index (χ4n) is 3.83. The van der Waals surface area contributed by atoms with Crippen molar-refractivity contribution in [2.75, 3.05) is 26.2 Å². The number of rotatable bonds is 5. The van der Waals surface area contributed by atoms with Crippen LogP contribution in [-0.2, 0) is 16.1 Å². The number of carbonyl (C=O) groups excluding carboxylic acids is 2. The summed E-state index contributed by atoms with van der Waals surface area (Å²) in [7, 11) is 0. The van der Waals surface area contributed by atoms with Gasteiger partial charge in [0.05, 0.1) is 6.61 Å². The van der Waals surface area contributed by atoms with Gasteiger partial charge in [-0.25, -0.2) is 4.79 Å². The molecular formula is C20H27ClN2O3. The Kier molecular flexibility index (Phi) is 6.07. The summed E-state index contributed by atoms with van der Waals surface area (Å²) >= 11 is 5.93. The van der Waals surface area contributed by atoms with Crippen molar-refractivity contribution >= 4 is 23.6 Å². The molecule has 142 valence electrons. The second-order valence-electron chi connectivity index (χ2n) is 7.51. The van der Waals surface area contributed by atoms with Crippen LogP contribution in [0.15, 0.2) is 24.3 Å². The van der Waals surface area contributed by atoms with E-state index >= 15 is 0 Å². The molecule has 0 saturated carbocycles. The van der Waals surface area contributed by atoms with Gasteiger partial charge in [-0.05, 0) is 37.0 Å². The number of hydrogen-bond acceptors (Lipinski definition) is 3. The van der Waals surface area contributed by atoms with Crippen LogP contribution >= 0.6 is 11.6 Å². The summed E-state index contributed by atoms with van der Waals surface area (Å²) in [4.78, 5) is 28.3. The third kappa shape index (κ3) is 4.50. The molecule has 2 heterocycles. The Balaban J connectivity index is 1.52. The second kappa shape index (κ2) is 8.30. The minimum Gasteiger partial charge on any atom is -0.449 e.